The normalized spacial score (nSPS) is 10.9. The predicted molar refractivity (Wildman–Crippen MR) is 89.6 cm³/mol. The lowest BCUT2D eigenvalue weighted by atomic mass is 10.2. The molecule has 0 saturated carbocycles. The topological polar surface area (TPSA) is 46.9 Å². The minimum Gasteiger partial charge on any atom is -0.372 e. The lowest BCUT2D eigenvalue weighted by Gasteiger charge is -2.14. The van der Waals surface area contributed by atoms with E-state index in [9.17, 15) is 9.18 Å². The van der Waals surface area contributed by atoms with E-state index in [1.807, 2.05) is 0 Å². The van der Waals surface area contributed by atoms with E-state index in [-0.39, 0.29) is 4.47 Å². The van der Waals surface area contributed by atoms with Crippen LogP contribution in [0.15, 0.2) is 45.7 Å². The Balaban J connectivity index is 2.50. The summed E-state index contributed by atoms with van der Waals surface area (Å²) in [6, 6.07) is 9.79. The van der Waals surface area contributed by atoms with Crippen molar-refractivity contribution < 1.29 is 4.39 Å². The van der Waals surface area contributed by atoms with Crippen LogP contribution in [-0.4, -0.2) is 16.6 Å². The van der Waals surface area contributed by atoms with Gasteiger partial charge in [0, 0.05) is 12.4 Å². The maximum Gasteiger partial charge on any atom is 0.354 e. The molecule has 0 aliphatic heterocycles. The molecule has 0 amide bonds. The summed E-state index contributed by atoms with van der Waals surface area (Å²) in [6.07, 6.45) is 0. The smallest absolute Gasteiger partial charge is 0.354 e. The van der Waals surface area contributed by atoms with Gasteiger partial charge in [-0.25, -0.2) is 9.18 Å². The van der Waals surface area contributed by atoms with Gasteiger partial charge in [-0.2, -0.15) is 4.98 Å². The molecule has 0 saturated heterocycles. The van der Waals surface area contributed by atoms with E-state index in [0.29, 0.717) is 27.4 Å². The molecule has 0 bridgehead atoms. The molecule has 1 N–H and O–H groups in total. The summed E-state index contributed by atoms with van der Waals surface area (Å²) in [6.45, 7) is 0. The summed E-state index contributed by atoms with van der Waals surface area (Å²) in [5, 5.41) is 3.71. The van der Waals surface area contributed by atoms with Gasteiger partial charge >= 0.3 is 5.69 Å². The number of nitrogens with one attached hydrogen (secondary N) is 1. The van der Waals surface area contributed by atoms with Crippen LogP contribution in [0.1, 0.15) is 0 Å². The first-order valence-electron chi connectivity index (χ1n) is 6.37. The van der Waals surface area contributed by atoms with Gasteiger partial charge in [0.2, 0.25) is 0 Å². The van der Waals surface area contributed by atoms with Crippen molar-refractivity contribution in [2.75, 3.05) is 12.4 Å². The molecule has 0 atom stereocenters. The number of hydrogen-bond acceptors (Lipinski definition) is 3. The first-order valence-corrected chi connectivity index (χ1v) is 7.54. The van der Waals surface area contributed by atoms with Gasteiger partial charge in [-0.1, -0.05) is 23.7 Å². The van der Waals surface area contributed by atoms with Crippen LogP contribution in [0.25, 0.3) is 16.6 Å². The molecule has 0 spiro atoms. The fourth-order valence-electron chi connectivity index (χ4n) is 2.28. The Morgan fingerprint density at radius 2 is 2.05 bits per heavy atom. The first kappa shape index (κ1) is 15.0. The van der Waals surface area contributed by atoms with Crippen molar-refractivity contribution in [1.29, 1.82) is 0 Å². The highest BCUT2D eigenvalue weighted by Gasteiger charge is 2.15. The standard InChI is InChI=1S/C15H10BrClFN3O/c1-19-14-8-6-11(18)9(16)7-13(8)21(15(22)20-14)12-5-3-2-4-10(12)17/h2-7H,1H3,(H,19,20,22). The van der Waals surface area contributed by atoms with Crippen LogP contribution >= 0.6 is 27.5 Å². The molecular weight excluding hydrogens is 373 g/mol. The average molecular weight is 383 g/mol. The van der Waals surface area contributed by atoms with Crippen LogP contribution < -0.4 is 11.0 Å². The molecule has 7 heteroatoms. The van der Waals surface area contributed by atoms with Crippen LogP contribution in [0.5, 0.6) is 0 Å². The summed E-state index contributed by atoms with van der Waals surface area (Å²) in [4.78, 5) is 16.4. The molecule has 3 rings (SSSR count). The third kappa shape index (κ3) is 2.38. The molecule has 2 aromatic carbocycles. The van der Waals surface area contributed by atoms with Crippen LogP contribution in [0, 0.1) is 5.82 Å². The van der Waals surface area contributed by atoms with Crippen molar-refractivity contribution in [2.45, 2.75) is 0 Å². The number of aromatic nitrogens is 2. The monoisotopic (exact) mass is 381 g/mol. The van der Waals surface area contributed by atoms with E-state index in [0.717, 1.165) is 0 Å². The Morgan fingerprint density at radius 1 is 1.32 bits per heavy atom. The van der Waals surface area contributed by atoms with Crippen molar-refractivity contribution in [3.8, 4) is 5.69 Å². The van der Waals surface area contributed by atoms with Gasteiger partial charge in [-0.05, 0) is 40.2 Å². The number of benzene rings is 2. The summed E-state index contributed by atoms with van der Waals surface area (Å²) in [5.74, 6) is -0.120. The van der Waals surface area contributed by atoms with Gasteiger partial charge in [0.1, 0.15) is 11.6 Å². The van der Waals surface area contributed by atoms with Gasteiger partial charge < -0.3 is 5.32 Å². The van der Waals surface area contributed by atoms with Crippen LogP contribution in [0.4, 0.5) is 10.2 Å². The molecular formula is C15H10BrClFN3O. The second kappa shape index (κ2) is 5.70. The number of hydrogen-bond donors (Lipinski definition) is 1. The van der Waals surface area contributed by atoms with Crippen molar-refractivity contribution in [3.63, 3.8) is 0 Å². The first-order chi connectivity index (χ1) is 10.5. The van der Waals surface area contributed by atoms with Crippen LogP contribution in [0.3, 0.4) is 0 Å². The molecule has 112 valence electrons. The van der Waals surface area contributed by atoms with Crippen LogP contribution in [-0.2, 0) is 0 Å². The lowest BCUT2D eigenvalue weighted by Crippen LogP contribution is -2.23. The maximum atomic E-state index is 13.9. The fourth-order valence-corrected chi connectivity index (χ4v) is 2.83. The molecule has 1 heterocycles. The highest BCUT2D eigenvalue weighted by molar-refractivity contribution is 9.10. The lowest BCUT2D eigenvalue weighted by molar-refractivity contribution is 0.622. The van der Waals surface area contributed by atoms with Gasteiger partial charge in [0.15, 0.2) is 0 Å². The zero-order chi connectivity index (χ0) is 15.9. The molecule has 0 fully saturated rings. The zero-order valence-corrected chi connectivity index (χ0v) is 13.7. The second-order valence-corrected chi connectivity index (χ2v) is 5.82. The molecule has 4 nitrogen and oxygen atoms in total. The number of fused-ring (bicyclic) bond motifs is 1. The number of rotatable bonds is 2. The van der Waals surface area contributed by atoms with Crippen LogP contribution in [0.2, 0.25) is 5.02 Å². The predicted octanol–water partition coefficient (Wildman–Crippen LogP) is 3.98. The fraction of sp³-hybridized carbons (Fsp3) is 0.0667. The third-order valence-corrected chi connectivity index (χ3v) is 4.19. The Hall–Kier alpha value is -1.92. The third-order valence-electron chi connectivity index (χ3n) is 3.26. The van der Waals surface area contributed by atoms with E-state index < -0.39 is 11.5 Å². The number of anilines is 1. The second-order valence-electron chi connectivity index (χ2n) is 4.56. The highest BCUT2D eigenvalue weighted by atomic mass is 79.9. The van der Waals surface area contributed by atoms with Crippen molar-refractivity contribution in [2.24, 2.45) is 0 Å². The molecule has 0 aliphatic rings. The largest absolute Gasteiger partial charge is 0.372 e. The summed E-state index contributed by atoms with van der Waals surface area (Å²) < 4.78 is 15.5. The average Bonchev–Trinajstić information content (AvgIpc) is 2.50. The molecule has 0 unspecified atom stereocenters. The summed E-state index contributed by atoms with van der Waals surface area (Å²) >= 11 is 9.34. The maximum absolute atomic E-state index is 13.9. The van der Waals surface area contributed by atoms with Crippen molar-refractivity contribution >= 4 is 44.3 Å². The van der Waals surface area contributed by atoms with Crippen molar-refractivity contribution in [3.05, 3.63) is 62.2 Å². The number of nitrogens with zero attached hydrogens (tertiary/aromatic N) is 2. The minimum atomic E-state index is -0.497. The van der Waals surface area contributed by atoms with Gasteiger partial charge in [-0.3, -0.25) is 4.57 Å². The summed E-state index contributed by atoms with van der Waals surface area (Å²) in [7, 11) is 1.63. The highest BCUT2D eigenvalue weighted by Crippen LogP contribution is 2.29. The quantitative estimate of drug-likeness (QED) is 0.729. The SMILES string of the molecule is CNc1nc(=O)n(-c2ccccc2Cl)c2cc(Br)c(F)cc12. The number of halogens is 3. The Labute approximate surface area is 138 Å². The van der Waals surface area contributed by atoms with Crippen molar-refractivity contribution in [1.82, 2.24) is 9.55 Å². The Bertz CT molecular complexity index is 942. The molecule has 0 aliphatic carbocycles. The Kier molecular flexibility index (Phi) is 3.88. The van der Waals surface area contributed by atoms with E-state index in [2.05, 4.69) is 26.2 Å². The molecule has 3 aromatic rings. The van der Waals surface area contributed by atoms with Gasteiger partial charge in [0.05, 0.1) is 20.7 Å². The minimum absolute atomic E-state index is 0.258. The van der Waals surface area contributed by atoms with Gasteiger partial charge in [0.25, 0.3) is 0 Å². The number of para-hydroxylation sites is 1. The molecule has 1 aromatic heterocycles. The Morgan fingerprint density at radius 3 is 2.73 bits per heavy atom. The molecule has 0 radical (unpaired) electrons. The summed E-state index contributed by atoms with van der Waals surface area (Å²) in [5.41, 5.74) is 0.502. The van der Waals surface area contributed by atoms with E-state index in [1.165, 1.54) is 16.7 Å². The van der Waals surface area contributed by atoms with E-state index >= 15 is 0 Å². The van der Waals surface area contributed by atoms with E-state index in [4.69, 9.17) is 11.6 Å². The molecule has 22 heavy (non-hydrogen) atoms. The van der Waals surface area contributed by atoms with Gasteiger partial charge in [-0.15, -0.1) is 0 Å². The zero-order valence-electron chi connectivity index (χ0n) is 11.4. The van der Waals surface area contributed by atoms with E-state index in [1.54, 1.807) is 31.3 Å².